The van der Waals surface area contributed by atoms with Gasteiger partial charge in [0, 0.05) is 6.04 Å². The number of hydrogen-bond donors (Lipinski definition) is 2. The van der Waals surface area contributed by atoms with Crippen LogP contribution in [0.3, 0.4) is 0 Å². The second-order valence-corrected chi connectivity index (χ2v) is 5.28. The van der Waals surface area contributed by atoms with Crippen LogP contribution in [-0.2, 0) is 0 Å². The molecule has 1 aromatic rings. The summed E-state index contributed by atoms with van der Waals surface area (Å²) in [5.74, 6) is 5.84. The highest BCUT2D eigenvalue weighted by molar-refractivity contribution is 7.14. The molecule has 1 amide bonds. The molecule has 1 saturated carbocycles. The average molecular weight is 248 g/mol. The Hall–Kier alpha value is -1.31. The van der Waals surface area contributed by atoms with Gasteiger partial charge in [0.25, 0.3) is 5.91 Å². The normalized spacial score (nSPS) is 14.7. The Labute approximate surface area is 105 Å². The lowest BCUT2D eigenvalue weighted by Crippen LogP contribution is -2.39. The Morgan fingerprint density at radius 3 is 3.00 bits per heavy atom. The van der Waals surface area contributed by atoms with E-state index in [-0.39, 0.29) is 5.91 Å². The minimum atomic E-state index is 0.0311. The molecule has 0 aromatic carbocycles. The van der Waals surface area contributed by atoms with Gasteiger partial charge in [-0.1, -0.05) is 11.8 Å². The molecule has 0 radical (unpaired) electrons. The summed E-state index contributed by atoms with van der Waals surface area (Å²) in [7, 11) is 0. The van der Waals surface area contributed by atoms with Crippen molar-refractivity contribution in [1.29, 1.82) is 0 Å². The van der Waals surface area contributed by atoms with E-state index >= 15 is 0 Å². The van der Waals surface area contributed by atoms with Crippen LogP contribution in [0.5, 0.6) is 0 Å². The smallest absolute Gasteiger partial charge is 0.261 e. The van der Waals surface area contributed by atoms with E-state index in [1.165, 1.54) is 17.8 Å². The lowest BCUT2D eigenvalue weighted by molar-refractivity contribution is 0.0921. The molecule has 0 unspecified atom stereocenters. The molecule has 3 N–H and O–H groups in total. The van der Waals surface area contributed by atoms with Gasteiger partial charge in [-0.2, -0.15) is 0 Å². The minimum Gasteiger partial charge on any atom is -0.349 e. The van der Waals surface area contributed by atoms with E-state index in [2.05, 4.69) is 17.2 Å². The molecule has 3 nitrogen and oxygen atoms in total. The van der Waals surface area contributed by atoms with Crippen LogP contribution in [0.15, 0.2) is 6.07 Å². The third-order valence-corrected chi connectivity index (χ3v) is 4.04. The molecule has 0 bridgehead atoms. The van der Waals surface area contributed by atoms with Crippen molar-refractivity contribution in [1.82, 2.24) is 5.32 Å². The number of amides is 1. The molecule has 2 rings (SSSR count). The third-order valence-electron chi connectivity index (χ3n) is 2.89. The molecule has 17 heavy (non-hydrogen) atoms. The van der Waals surface area contributed by atoms with Crippen molar-refractivity contribution in [2.24, 2.45) is 5.73 Å². The molecular formula is C13H16N2OS. The third kappa shape index (κ3) is 2.87. The monoisotopic (exact) mass is 248 g/mol. The quantitative estimate of drug-likeness (QED) is 0.782. The van der Waals surface area contributed by atoms with Crippen molar-refractivity contribution >= 4 is 17.2 Å². The summed E-state index contributed by atoms with van der Waals surface area (Å²) < 4.78 is 0. The number of thiophene rings is 1. The van der Waals surface area contributed by atoms with Crippen LogP contribution in [0, 0.1) is 18.8 Å². The molecule has 90 valence electrons. The molecule has 0 saturated heterocycles. The number of aryl methyl sites for hydroxylation is 1. The lowest BCUT2D eigenvalue weighted by Gasteiger charge is -2.25. The van der Waals surface area contributed by atoms with Crippen LogP contribution in [0.1, 0.15) is 39.4 Å². The highest BCUT2D eigenvalue weighted by atomic mass is 32.1. The maximum Gasteiger partial charge on any atom is 0.261 e. The summed E-state index contributed by atoms with van der Waals surface area (Å²) in [4.78, 5) is 13.6. The van der Waals surface area contributed by atoms with Crippen LogP contribution in [0.2, 0.25) is 0 Å². The van der Waals surface area contributed by atoms with Crippen molar-refractivity contribution in [2.45, 2.75) is 32.2 Å². The summed E-state index contributed by atoms with van der Waals surface area (Å²) in [6.45, 7) is 2.32. The topological polar surface area (TPSA) is 55.1 Å². The zero-order valence-electron chi connectivity index (χ0n) is 9.88. The first kappa shape index (κ1) is 12.2. The number of carbonyl (C=O) groups is 1. The van der Waals surface area contributed by atoms with Crippen molar-refractivity contribution < 1.29 is 4.79 Å². The fraction of sp³-hybridized carbons (Fsp3) is 0.462. The largest absolute Gasteiger partial charge is 0.349 e. The SMILES string of the molecule is Cc1cc(C(=O)NC2CCC2)sc1C#CCN. The Kier molecular flexibility index (Phi) is 3.82. The Morgan fingerprint density at radius 1 is 1.65 bits per heavy atom. The second kappa shape index (κ2) is 5.35. The summed E-state index contributed by atoms with van der Waals surface area (Å²) in [5, 5.41) is 3.03. The van der Waals surface area contributed by atoms with Crippen LogP contribution < -0.4 is 11.1 Å². The molecule has 0 spiro atoms. The number of nitrogens with one attached hydrogen (secondary N) is 1. The average Bonchev–Trinajstić information content (AvgIpc) is 2.62. The first-order valence-corrected chi connectivity index (χ1v) is 6.62. The van der Waals surface area contributed by atoms with E-state index in [9.17, 15) is 4.79 Å². The minimum absolute atomic E-state index is 0.0311. The van der Waals surface area contributed by atoms with Gasteiger partial charge in [-0.05, 0) is 37.8 Å². The Balaban J connectivity index is 2.07. The predicted molar refractivity (Wildman–Crippen MR) is 70.1 cm³/mol. The van der Waals surface area contributed by atoms with E-state index in [1.54, 1.807) is 0 Å². The molecule has 4 heteroatoms. The highest BCUT2D eigenvalue weighted by Gasteiger charge is 2.21. The first-order chi connectivity index (χ1) is 8.20. The van der Waals surface area contributed by atoms with Gasteiger partial charge in [0.05, 0.1) is 16.3 Å². The van der Waals surface area contributed by atoms with Gasteiger partial charge in [-0.25, -0.2) is 0 Å². The first-order valence-electron chi connectivity index (χ1n) is 5.81. The molecule has 1 aromatic heterocycles. The lowest BCUT2D eigenvalue weighted by atomic mass is 9.93. The molecule has 1 fully saturated rings. The fourth-order valence-corrected chi connectivity index (χ4v) is 2.61. The van der Waals surface area contributed by atoms with E-state index in [4.69, 9.17) is 5.73 Å². The van der Waals surface area contributed by atoms with Crippen molar-refractivity contribution in [3.8, 4) is 11.8 Å². The van der Waals surface area contributed by atoms with E-state index in [1.807, 2.05) is 13.0 Å². The van der Waals surface area contributed by atoms with E-state index in [0.717, 1.165) is 28.2 Å². The molecule has 1 aliphatic rings. The van der Waals surface area contributed by atoms with Gasteiger partial charge >= 0.3 is 0 Å². The molecular weight excluding hydrogens is 232 g/mol. The standard InChI is InChI=1S/C13H16N2OS/c1-9-8-12(17-11(9)6-3-7-14)13(16)15-10-4-2-5-10/h8,10H,2,4-5,7,14H2,1H3,(H,15,16). The second-order valence-electron chi connectivity index (χ2n) is 4.23. The van der Waals surface area contributed by atoms with Crippen LogP contribution in [0.25, 0.3) is 0 Å². The number of rotatable bonds is 2. The van der Waals surface area contributed by atoms with Gasteiger partial charge in [0.1, 0.15) is 0 Å². The zero-order valence-corrected chi connectivity index (χ0v) is 10.7. The van der Waals surface area contributed by atoms with Crippen molar-refractivity contribution in [2.75, 3.05) is 6.54 Å². The molecule has 1 heterocycles. The summed E-state index contributed by atoms with van der Waals surface area (Å²) in [6, 6.07) is 2.28. The van der Waals surface area contributed by atoms with E-state index < -0.39 is 0 Å². The number of carbonyl (C=O) groups excluding carboxylic acids is 1. The summed E-state index contributed by atoms with van der Waals surface area (Å²) in [5.41, 5.74) is 6.39. The summed E-state index contributed by atoms with van der Waals surface area (Å²) >= 11 is 1.44. The van der Waals surface area contributed by atoms with Crippen LogP contribution in [0.4, 0.5) is 0 Å². The van der Waals surface area contributed by atoms with Gasteiger partial charge in [0.2, 0.25) is 0 Å². The zero-order chi connectivity index (χ0) is 12.3. The Morgan fingerprint density at radius 2 is 2.41 bits per heavy atom. The van der Waals surface area contributed by atoms with Crippen molar-refractivity contribution in [3.05, 3.63) is 21.4 Å². The molecule has 0 aliphatic heterocycles. The number of hydrogen-bond acceptors (Lipinski definition) is 3. The molecule has 1 aliphatic carbocycles. The maximum atomic E-state index is 11.9. The summed E-state index contributed by atoms with van der Waals surface area (Å²) in [6.07, 6.45) is 3.44. The van der Waals surface area contributed by atoms with Gasteiger partial charge in [-0.15, -0.1) is 11.3 Å². The van der Waals surface area contributed by atoms with Crippen molar-refractivity contribution in [3.63, 3.8) is 0 Å². The highest BCUT2D eigenvalue weighted by Crippen LogP contribution is 2.23. The molecule has 0 atom stereocenters. The van der Waals surface area contributed by atoms with Gasteiger partial charge in [-0.3, -0.25) is 4.79 Å². The van der Waals surface area contributed by atoms with Crippen LogP contribution in [-0.4, -0.2) is 18.5 Å². The Bertz CT molecular complexity index is 477. The fourth-order valence-electron chi connectivity index (χ4n) is 1.66. The maximum absolute atomic E-state index is 11.9. The van der Waals surface area contributed by atoms with Gasteiger partial charge < -0.3 is 11.1 Å². The van der Waals surface area contributed by atoms with E-state index in [0.29, 0.717) is 12.6 Å². The van der Waals surface area contributed by atoms with Gasteiger partial charge in [0.15, 0.2) is 0 Å². The van der Waals surface area contributed by atoms with Crippen LogP contribution >= 0.6 is 11.3 Å². The predicted octanol–water partition coefficient (Wildman–Crippen LogP) is 1.65. The number of nitrogens with two attached hydrogens (primary N) is 1.